The molecule has 0 fully saturated rings. The summed E-state index contributed by atoms with van der Waals surface area (Å²) in [6, 6.07) is 6.09. The topological polar surface area (TPSA) is 54.8 Å². The normalized spacial score (nSPS) is 14.4. The van der Waals surface area contributed by atoms with Gasteiger partial charge in [-0.25, -0.2) is 9.97 Å². The highest BCUT2D eigenvalue weighted by Crippen LogP contribution is 2.21. The molecule has 24 heavy (non-hydrogen) atoms. The predicted octanol–water partition coefficient (Wildman–Crippen LogP) is 2.80. The van der Waals surface area contributed by atoms with E-state index in [2.05, 4.69) is 32.8 Å². The van der Waals surface area contributed by atoms with Crippen molar-refractivity contribution >= 4 is 0 Å². The molecule has 4 heterocycles. The number of hydrogen-bond acceptors (Lipinski definition) is 5. The molecular formula is C19H19N5. The van der Waals surface area contributed by atoms with Crippen LogP contribution < -0.4 is 0 Å². The lowest BCUT2D eigenvalue weighted by molar-refractivity contribution is 0.242. The van der Waals surface area contributed by atoms with Crippen molar-refractivity contribution in [3.05, 3.63) is 71.6 Å². The average molecular weight is 317 g/mol. The zero-order valence-corrected chi connectivity index (χ0v) is 13.7. The first-order valence-electron chi connectivity index (χ1n) is 8.16. The van der Waals surface area contributed by atoms with E-state index in [1.165, 1.54) is 16.7 Å². The van der Waals surface area contributed by atoms with E-state index < -0.39 is 0 Å². The summed E-state index contributed by atoms with van der Waals surface area (Å²) in [5.41, 5.74) is 5.86. The van der Waals surface area contributed by atoms with Gasteiger partial charge in [0, 0.05) is 68.2 Å². The van der Waals surface area contributed by atoms with Crippen LogP contribution in [0.15, 0.2) is 49.2 Å². The van der Waals surface area contributed by atoms with Crippen LogP contribution in [0, 0.1) is 6.92 Å². The molecule has 1 aliphatic rings. The summed E-state index contributed by atoms with van der Waals surface area (Å²) in [6.45, 7) is 4.89. The second kappa shape index (κ2) is 6.45. The zero-order chi connectivity index (χ0) is 16.4. The molecule has 0 unspecified atom stereocenters. The molecule has 5 heteroatoms. The van der Waals surface area contributed by atoms with Crippen LogP contribution >= 0.6 is 0 Å². The van der Waals surface area contributed by atoms with Gasteiger partial charge in [-0.2, -0.15) is 0 Å². The van der Waals surface area contributed by atoms with E-state index in [9.17, 15) is 0 Å². The SMILES string of the molecule is Cc1cncc(CN2CCc3nc(-c4ccncc4)ncc3C2)c1. The number of pyridine rings is 2. The van der Waals surface area contributed by atoms with Gasteiger partial charge in [-0.1, -0.05) is 6.07 Å². The summed E-state index contributed by atoms with van der Waals surface area (Å²) >= 11 is 0. The highest BCUT2D eigenvalue weighted by Gasteiger charge is 2.19. The molecular weight excluding hydrogens is 298 g/mol. The highest BCUT2D eigenvalue weighted by molar-refractivity contribution is 5.54. The van der Waals surface area contributed by atoms with Crippen LogP contribution in [0.25, 0.3) is 11.4 Å². The van der Waals surface area contributed by atoms with Crippen LogP contribution in [-0.2, 0) is 19.5 Å². The van der Waals surface area contributed by atoms with E-state index in [0.29, 0.717) is 0 Å². The van der Waals surface area contributed by atoms with Crippen molar-refractivity contribution in [2.45, 2.75) is 26.4 Å². The molecule has 0 spiro atoms. The van der Waals surface area contributed by atoms with Gasteiger partial charge in [0.2, 0.25) is 0 Å². The van der Waals surface area contributed by atoms with Gasteiger partial charge in [-0.05, 0) is 30.2 Å². The standard InChI is InChI=1S/C19H19N5/c1-14-8-15(10-21-9-14)12-24-7-4-18-17(13-24)11-22-19(23-18)16-2-5-20-6-3-16/h2-3,5-6,8-11H,4,7,12-13H2,1H3. The number of fused-ring (bicyclic) bond motifs is 1. The maximum absolute atomic E-state index is 4.76. The third-order valence-electron chi connectivity index (χ3n) is 4.29. The Hall–Kier alpha value is -2.66. The maximum Gasteiger partial charge on any atom is 0.159 e. The Morgan fingerprint density at radius 2 is 1.96 bits per heavy atom. The van der Waals surface area contributed by atoms with Crippen LogP contribution in [0.3, 0.4) is 0 Å². The first-order valence-corrected chi connectivity index (χ1v) is 8.16. The van der Waals surface area contributed by atoms with E-state index in [4.69, 9.17) is 4.98 Å². The lowest BCUT2D eigenvalue weighted by Crippen LogP contribution is -2.31. The lowest BCUT2D eigenvalue weighted by Gasteiger charge is -2.28. The first-order chi connectivity index (χ1) is 11.8. The molecule has 3 aromatic rings. The Bertz CT molecular complexity index is 847. The molecule has 4 rings (SSSR count). The minimum absolute atomic E-state index is 0.785. The average Bonchev–Trinajstić information content (AvgIpc) is 2.62. The monoisotopic (exact) mass is 317 g/mol. The van der Waals surface area contributed by atoms with Crippen molar-refractivity contribution in [2.75, 3.05) is 6.54 Å². The van der Waals surface area contributed by atoms with E-state index in [-0.39, 0.29) is 0 Å². The Balaban J connectivity index is 1.52. The minimum Gasteiger partial charge on any atom is -0.294 e. The van der Waals surface area contributed by atoms with Gasteiger partial charge in [-0.3, -0.25) is 14.9 Å². The Morgan fingerprint density at radius 1 is 1.08 bits per heavy atom. The van der Waals surface area contributed by atoms with E-state index >= 15 is 0 Å². The molecule has 0 atom stereocenters. The van der Waals surface area contributed by atoms with Gasteiger partial charge in [-0.15, -0.1) is 0 Å². The second-order valence-corrected chi connectivity index (χ2v) is 6.23. The molecule has 0 radical (unpaired) electrons. The molecule has 1 aliphatic heterocycles. The summed E-state index contributed by atoms with van der Waals surface area (Å²) in [4.78, 5) is 20.1. The van der Waals surface area contributed by atoms with Crippen molar-refractivity contribution in [1.29, 1.82) is 0 Å². The van der Waals surface area contributed by atoms with Crippen molar-refractivity contribution in [1.82, 2.24) is 24.8 Å². The highest BCUT2D eigenvalue weighted by atomic mass is 15.1. The van der Waals surface area contributed by atoms with Gasteiger partial charge in [0.15, 0.2) is 5.82 Å². The van der Waals surface area contributed by atoms with Crippen molar-refractivity contribution < 1.29 is 0 Å². The van der Waals surface area contributed by atoms with Crippen LogP contribution in [0.2, 0.25) is 0 Å². The fraction of sp³-hybridized carbons (Fsp3) is 0.263. The third kappa shape index (κ3) is 3.16. The maximum atomic E-state index is 4.76. The first kappa shape index (κ1) is 14.9. The van der Waals surface area contributed by atoms with Crippen molar-refractivity contribution in [2.24, 2.45) is 0 Å². The predicted molar refractivity (Wildman–Crippen MR) is 92.1 cm³/mol. The van der Waals surface area contributed by atoms with Crippen molar-refractivity contribution in [3.63, 3.8) is 0 Å². The fourth-order valence-electron chi connectivity index (χ4n) is 3.11. The summed E-state index contributed by atoms with van der Waals surface area (Å²) in [5.74, 6) is 0.785. The summed E-state index contributed by atoms with van der Waals surface area (Å²) < 4.78 is 0. The molecule has 0 saturated heterocycles. The third-order valence-corrected chi connectivity index (χ3v) is 4.29. The van der Waals surface area contributed by atoms with Crippen molar-refractivity contribution in [3.8, 4) is 11.4 Å². The minimum atomic E-state index is 0.785. The molecule has 0 amide bonds. The molecule has 5 nitrogen and oxygen atoms in total. The quantitative estimate of drug-likeness (QED) is 0.743. The number of aryl methyl sites for hydroxylation is 1. The van der Waals surface area contributed by atoms with E-state index in [1.807, 2.05) is 30.7 Å². The molecule has 0 bridgehead atoms. The molecule has 3 aromatic heterocycles. The van der Waals surface area contributed by atoms with Gasteiger partial charge in [0.05, 0.1) is 5.69 Å². The second-order valence-electron chi connectivity index (χ2n) is 6.23. The Kier molecular flexibility index (Phi) is 4.01. The van der Waals surface area contributed by atoms with Gasteiger partial charge in [0.25, 0.3) is 0 Å². The van der Waals surface area contributed by atoms with Crippen LogP contribution in [-0.4, -0.2) is 31.4 Å². The van der Waals surface area contributed by atoms with Crippen LogP contribution in [0.4, 0.5) is 0 Å². The fourth-order valence-corrected chi connectivity index (χ4v) is 3.11. The van der Waals surface area contributed by atoms with Gasteiger partial charge in [0.1, 0.15) is 0 Å². The summed E-state index contributed by atoms with van der Waals surface area (Å²) in [7, 11) is 0. The molecule has 0 N–H and O–H groups in total. The molecule has 0 saturated carbocycles. The number of rotatable bonds is 3. The number of hydrogen-bond donors (Lipinski definition) is 0. The Labute approximate surface area is 141 Å². The lowest BCUT2D eigenvalue weighted by atomic mass is 10.1. The van der Waals surface area contributed by atoms with E-state index in [0.717, 1.165) is 43.1 Å². The summed E-state index contributed by atoms with van der Waals surface area (Å²) in [6.07, 6.45) is 10.3. The van der Waals surface area contributed by atoms with Gasteiger partial charge < -0.3 is 0 Å². The van der Waals surface area contributed by atoms with Crippen LogP contribution in [0.5, 0.6) is 0 Å². The largest absolute Gasteiger partial charge is 0.294 e. The zero-order valence-electron chi connectivity index (χ0n) is 13.7. The smallest absolute Gasteiger partial charge is 0.159 e. The molecule has 0 aromatic carbocycles. The summed E-state index contributed by atoms with van der Waals surface area (Å²) in [5, 5.41) is 0. The Morgan fingerprint density at radius 3 is 2.79 bits per heavy atom. The number of aromatic nitrogens is 4. The van der Waals surface area contributed by atoms with Gasteiger partial charge >= 0.3 is 0 Å². The number of nitrogens with zero attached hydrogens (tertiary/aromatic N) is 5. The van der Waals surface area contributed by atoms with Crippen LogP contribution in [0.1, 0.15) is 22.4 Å². The molecule has 0 aliphatic carbocycles. The van der Waals surface area contributed by atoms with E-state index in [1.54, 1.807) is 12.4 Å². The molecule has 120 valence electrons.